The molecule has 0 spiro atoms. The van der Waals surface area contributed by atoms with Gasteiger partial charge in [-0.2, -0.15) is 0 Å². The molecule has 0 aliphatic rings. The van der Waals surface area contributed by atoms with Gasteiger partial charge in [-0.15, -0.1) is 23.1 Å². The third-order valence-electron chi connectivity index (χ3n) is 3.02. The first kappa shape index (κ1) is 16.8. The minimum atomic E-state index is 0.444. The maximum absolute atomic E-state index is 6.04. The van der Waals surface area contributed by atoms with Crippen LogP contribution in [0.1, 0.15) is 24.0 Å². The molecule has 2 rings (SSSR count). The van der Waals surface area contributed by atoms with Crippen molar-refractivity contribution in [2.75, 3.05) is 12.3 Å². The number of benzene rings is 1. The smallest absolute Gasteiger partial charge is 0.0943 e. The second-order valence-electron chi connectivity index (χ2n) is 5.01. The van der Waals surface area contributed by atoms with Gasteiger partial charge in [0.2, 0.25) is 0 Å². The zero-order chi connectivity index (χ0) is 15.1. The highest BCUT2D eigenvalue weighted by Gasteiger charge is 2.12. The van der Waals surface area contributed by atoms with E-state index < -0.39 is 0 Å². The Hall–Kier alpha value is -0.550. The van der Waals surface area contributed by atoms with Crippen molar-refractivity contribution in [2.45, 2.75) is 37.6 Å². The van der Waals surface area contributed by atoms with Gasteiger partial charge in [0.15, 0.2) is 0 Å². The van der Waals surface area contributed by atoms with Crippen molar-refractivity contribution in [3.05, 3.63) is 45.4 Å². The molecule has 0 bridgehead atoms. The number of hydrogen-bond donors (Lipinski definition) is 1. The molecule has 2 nitrogen and oxygen atoms in total. The highest BCUT2D eigenvalue weighted by molar-refractivity contribution is 7.99. The molecule has 0 fully saturated rings. The summed E-state index contributed by atoms with van der Waals surface area (Å²) >= 11 is 9.64. The lowest BCUT2D eigenvalue weighted by molar-refractivity contribution is 0.549. The van der Waals surface area contributed by atoms with E-state index in [-0.39, 0.29) is 0 Å². The highest BCUT2D eigenvalue weighted by atomic mass is 35.5. The van der Waals surface area contributed by atoms with Crippen LogP contribution in [0.5, 0.6) is 0 Å². The van der Waals surface area contributed by atoms with Gasteiger partial charge in [-0.25, -0.2) is 4.98 Å². The average Bonchev–Trinajstić information content (AvgIpc) is 2.87. The van der Waals surface area contributed by atoms with Crippen LogP contribution in [0, 0.1) is 6.92 Å². The van der Waals surface area contributed by atoms with Crippen LogP contribution in [-0.4, -0.2) is 23.3 Å². The fourth-order valence-corrected chi connectivity index (χ4v) is 4.12. The van der Waals surface area contributed by atoms with Crippen LogP contribution in [0.4, 0.5) is 0 Å². The van der Waals surface area contributed by atoms with Gasteiger partial charge in [0, 0.05) is 39.2 Å². The van der Waals surface area contributed by atoms with E-state index in [4.69, 9.17) is 11.6 Å². The van der Waals surface area contributed by atoms with Gasteiger partial charge >= 0.3 is 0 Å². The molecule has 1 aromatic carbocycles. The van der Waals surface area contributed by atoms with E-state index in [2.05, 4.69) is 35.6 Å². The van der Waals surface area contributed by atoms with Crippen LogP contribution >= 0.6 is 34.7 Å². The Balaban J connectivity index is 1.92. The Morgan fingerprint density at radius 3 is 2.95 bits per heavy atom. The first-order chi connectivity index (χ1) is 10.2. The number of aromatic nitrogens is 1. The van der Waals surface area contributed by atoms with Crippen LogP contribution in [-0.2, 0) is 6.42 Å². The molecule has 114 valence electrons. The average molecular weight is 341 g/mol. The maximum Gasteiger partial charge on any atom is 0.0943 e. The van der Waals surface area contributed by atoms with Crippen LogP contribution in [0.15, 0.2) is 34.5 Å². The third-order valence-corrected chi connectivity index (χ3v) is 5.40. The molecule has 0 amide bonds. The number of nitrogens with zero attached hydrogens (tertiary/aromatic N) is 1. The van der Waals surface area contributed by atoms with E-state index in [0.717, 1.165) is 35.9 Å². The first-order valence-electron chi connectivity index (χ1n) is 7.20. The number of thioether (sulfide) groups is 1. The van der Waals surface area contributed by atoms with E-state index in [1.165, 1.54) is 9.90 Å². The summed E-state index contributed by atoms with van der Waals surface area (Å²) in [6, 6.07) is 8.50. The predicted octanol–water partition coefficient (Wildman–Crippen LogP) is 4.81. The summed E-state index contributed by atoms with van der Waals surface area (Å²) in [4.78, 5) is 5.80. The molecule has 0 aliphatic heterocycles. The third kappa shape index (κ3) is 5.99. The fourth-order valence-electron chi connectivity index (χ4n) is 2.00. The molecule has 1 heterocycles. The minimum absolute atomic E-state index is 0.444. The highest BCUT2D eigenvalue weighted by Crippen LogP contribution is 2.23. The van der Waals surface area contributed by atoms with Crippen LogP contribution in [0.25, 0.3) is 0 Å². The van der Waals surface area contributed by atoms with Crippen molar-refractivity contribution < 1.29 is 0 Å². The predicted molar refractivity (Wildman–Crippen MR) is 94.8 cm³/mol. The molecular weight excluding hydrogens is 320 g/mol. The van der Waals surface area contributed by atoms with Crippen LogP contribution in [0.3, 0.4) is 0 Å². The largest absolute Gasteiger partial charge is 0.313 e. The normalized spacial score (nSPS) is 12.5. The molecule has 0 saturated heterocycles. The van der Waals surface area contributed by atoms with E-state index in [1.807, 2.05) is 30.0 Å². The molecule has 2 aromatic rings. The lowest BCUT2D eigenvalue weighted by atomic mass is 10.2. The van der Waals surface area contributed by atoms with Crippen molar-refractivity contribution >= 4 is 34.7 Å². The number of nitrogens with one attached hydrogen (secondary N) is 1. The standard InChI is InChI=1S/C16H21ClN2S2/c1-3-7-18-14(9-16-19-12(2)10-21-16)11-20-15-6-4-5-13(17)8-15/h4-6,8,10,14,18H,3,7,9,11H2,1-2H3. The Kier molecular flexibility index (Phi) is 7.04. The van der Waals surface area contributed by atoms with Crippen molar-refractivity contribution in [3.63, 3.8) is 0 Å². The molecule has 21 heavy (non-hydrogen) atoms. The van der Waals surface area contributed by atoms with Crippen LogP contribution in [0.2, 0.25) is 5.02 Å². The molecule has 1 atom stereocenters. The van der Waals surface area contributed by atoms with Crippen LogP contribution < -0.4 is 5.32 Å². The summed E-state index contributed by atoms with van der Waals surface area (Å²) in [6.07, 6.45) is 2.14. The van der Waals surface area contributed by atoms with Gasteiger partial charge in [-0.1, -0.05) is 24.6 Å². The van der Waals surface area contributed by atoms with E-state index in [9.17, 15) is 0 Å². The van der Waals surface area contributed by atoms with E-state index in [0.29, 0.717) is 6.04 Å². The van der Waals surface area contributed by atoms with Crippen molar-refractivity contribution in [1.29, 1.82) is 0 Å². The van der Waals surface area contributed by atoms with Gasteiger partial charge in [0.25, 0.3) is 0 Å². The number of hydrogen-bond acceptors (Lipinski definition) is 4. The van der Waals surface area contributed by atoms with Gasteiger partial charge in [0.05, 0.1) is 5.01 Å². The summed E-state index contributed by atoms with van der Waals surface area (Å²) in [5.41, 5.74) is 1.12. The number of aryl methyl sites for hydroxylation is 1. The molecule has 0 radical (unpaired) electrons. The van der Waals surface area contributed by atoms with E-state index >= 15 is 0 Å². The monoisotopic (exact) mass is 340 g/mol. The number of rotatable bonds is 8. The van der Waals surface area contributed by atoms with Gasteiger partial charge in [-0.05, 0) is 38.1 Å². The second kappa shape index (κ2) is 8.79. The Morgan fingerprint density at radius 1 is 1.43 bits per heavy atom. The molecule has 1 aromatic heterocycles. The zero-order valence-electron chi connectivity index (χ0n) is 12.4. The number of halogens is 1. The lowest BCUT2D eigenvalue weighted by Crippen LogP contribution is -2.34. The molecule has 1 N–H and O–H groups in total. The first-order valence-corrected chi connectivity index (χ1v) is 9.44. The van der Waals surface area contributed by atoms with Crippen molar-refractivity contribution in [1.82, 2.24) is 10.3 Å². The lowest BCUT2D eigenvalue weighted by Gasteiger charge is -2.17. The topological polar surface area (TPSA) is 24.9 Å². The quantitative estimate of drug-likeness (QED) is 0.698. The van der Waals surface area contributed by atoms with Gasteiger partial charge < -0.3 is 5.32 Å². The minimum Gasteiger partial charge on any atom is -0.313 e. The van der Waals surface area contributed by atoms with Crippen molar-refractivity contribution in [3.8, 4) is 0 Å². The zero-order valence-corrected chi connectivity index (χ0v) is 14.8. The SMILES string of the molecule is CCCNC(CSc1cccc(Cl)c1)Cc1nc(C)cs1. The molecule has 0 aliphatic carbocycles. The molecule has 0 saturated carbocycles. The molecular formula is C16H21ClN2S2. The summed E-state index contributed by atoms with van der Waals surface area (Å²) in [6.45, 7) is 5.29. The molecule has 1 unspecified atom stereocenters. The fraction of sp³-hybridized carbons (Fsp3) is 0.438. The summed E-state index contributed by atoms with van der Waals surface area (Å²) in [5, 5.41) is 7.76. The van der Waals surface area contributed by atoms with Gasteiger partial charge in [0.1, 0.15) is 0 Å². The Morgan fingerprint density at radius 2 is 2.29 bits per heavy atom. The maximum atomic E-state index is 6.04. The summed E-state index contributed by atoms with van der Waals surface area (Å²) < 4.78 is 0. The second-order valence-corrected chi connectivity index (χ2v) is 7.48. The van der Waals surface area contributed by atoms with E-state index in [1.54, 1.807) is 11.3 Å². The number of thiazole rings is 1. The summed E-state index contributed by atoms with van der Waals surface area (Å²) in [7, 11) is 0. The molecule has 5 heteroatoms. The van der Waals surface area contributed by atoms with Crippen molar-refractivity contribution in [2.24, 2.45) is 0 Å². The Labute approximate surface area is 140 Å². The summed E-state index contributed by atoms with van der Waals surface area (Å²) in [5.74, 6) is 1.03. The van der Waals surface area contributed by atoms with Gasteiger partial charge in [-0.3, -0.25) is 0 Å². The Bertz CT molecular complexity index is 557.